The first kappa shape index (κ1) is 27.3. The highest BCUT2D eigenvalue weighted by Crippen LogP contribution is 2.19. The van der Waals surface area contributed by atoms with Crippen molar-refractivity contribution in [3.8, 4) is 11.5 Å². The van der Waals surface area contributed by atoms with E-state index < -0.39 is 0 Å². The number of nitrogens with one attached hydrogen (secondary N) is 3. The van der Waals surface area contributed by atoms with Gasteiger partial charge in [0.25, 0.3) is 0 Å². The van der Waals surface area contributed by atoms with E-state index in [1.165, 1.54) is 0 Å². The maximum absolute atomic E-state index is 11.9. The molecule has 8 nitrogen and oxygen atoms in total. The van der Waals surface area contributed by atoms with E-state index in [2.05, 4.69) is 32.8 Å². The van der Waals surface area contributed by atoms with Gasteiger partial charge in [-0.1, -0.05) is 13.0 Å². The summed E-state index contributed by atoms with van der Waals surface area (Å²) in [6.45, 7) is 7.75. The number of aliphatic imine (C=N–C) groups is 1. The number of hydrogen-bond acceptors (Lipinski definition) is 5. The van der Waals surface area contributed by atoms with Crippen LogP contribution in [0.25, 0.3) is 0 Å². The van der Waals surface area contributed by atoms with Gasteiger partial charge in [0.15, 0.2) is 5.96 Å². The van der Waals surface area contributed by atoms with Crippen molar-refractivity contribution in [2.45, 2.75) is 45.3 Å². The van der Waals surface area contributed by atoms with E-state index in [4.69, 9.17) is 9.47 Å². The number of hydrogen-bond donors (Lipinski definition) is 3. The topological polar surface area (TPSA) is 87.2 Å². The minimum Gasteiger partial charge on any atom is -0.497 e. The van der Waals surface area contributed by atoms with Crippen LogP contribution in [0.4, 0.5) is 0 Å². The molecule has 0 aromatic heterocycles. The molecule has 1 unspecified atom stereocenters. The highest BCUT2D eigenvalue weighted by atomic mass is 127. The Morgan fingerprint density at radius 1 is 1.26 bits per heavy atom. The van der Waals surface area contributed by atoms with Gasteiger partial charge in [-0.15, -0.1) is 24.0 Å². The molecule has 1 amide bonds. The van der Waals surface area contributed by atoms with Gasteiger partial charge in [0.05, 0.1) is 20.2 Å². The van der Waals surface area contributed by atoms with Crippen LogP contribution in [0.1, 0.15) is 33.1 Å². The number of methoxy groups -OCH3 is 1. The second-order valence-electron chi connectivity index (χ2n) is 7.61. The van der Waals surface area contributed by atoms with E-state index >= 15 is 0 Å². The Bertz CT molecular complexity index is 681. The Morgan fingerprint density at radius 3 is 2.61 bits per heavy atom. The fourth-order valence-corrected chi connectivity index (χ4v) is 3.34. The third kappa shape index (κ3) is 10.4. The third-order valence-corrected chi connectivity index (χ3v) is 5.03. The van der Waals surface area contributed by atoms with Crippen LogP contribution in [0.3, 0.4) is 0 Å². The van der Waals surface area contributed by atoms with Gasteiger partial charge in [-0.05, 0) is 38.3 Å². The zero-order valence-corrected chi connectivity index (χ0v) is 21.5. The van der Waals surface area contributed by atoms with E-state index in [0.29, 0.717) is 19.1 Å². The Kier molecular flexibility index (Phi) is 13.3. The van der Waals surface area contributed by atoms with Crippen LogP contribution in [-0.2, 0) is 4.79 Å². The number of carbonyl (C=O) groups excluding carboxylic acids is 1. The first-order valence-electron chi connectivity index (χ1n) is 10.8. The predicted octanol–water partition coefficient (Wildman–Crippen LogP) is 2.24. The number of ether oxygens (including phenoxy) is 2. The lowest BCUT2D eigenvalue weighted by molar-refractivity contribution is -0.122. The smallest absolute Gasteiger partial charge is 0.234 e. The molecule has 0 bridgehead atoms. The molecule has 1 aliphatic rings. The van der Waals surface area contributed by atoms with Crippen molar-refractivity contribution in [1.82, 2.24) is 20.9 Å². The molecule has 0 spiro atoms. The second kappa shape index (κ2) is 15.1. The lowest BCUT2D eigenvalue weighted by Gasteiger charge is -2.32. The van der Waals surface area contributed by atoms with Gasteiger partial charge >= 0.3 is 0 Å². The van der Waals surface area contributed by atoms with Gasteiger partial charge < -0.3 is 25.4 Å². The van der Waals surface area contributed by atoms with Crippen molar-refractivity contribution >= 4 is 35.8 Å². The van der Waals surface area contributed by atoms with E-state index in [0.717, 1.165) is 56.4 Å². The van der Waals surface area contributed by atoms with E-state index in [1.54, 1.807) is 14.2 Å². The quantitative estimate of drug-likeness (QED) is 0.237. The van der Waals surface area contributed by atoms with Crippen LogP contribution in [0.5, 0.6) is 11.5 Å². The molecule has 1 atom stereocenters. The van der Waals surface area contributed by atoms with Crippen molar-refractivity contribution < 1.29 is 14.3 Å². The summed E-state index contributed by atoms with van der Waals surface area (Å²) < 4.78 is 11.2. The van der Waals surface area contributed by atoms with Gasteiger partial charge in [0.1, 0.15) is 17.6 Å². The molecule has 0 radical (unpaired) electrons. The van der Waals surface area contributed by atoms with Crippen molar-refractivity contribution in [3.63, 3.8) is 0 Å². The Labute approximate surface area is 203 Å². The van der Waals surface area contributed by atoms with Gasteiger partial charge in [-0.2, -0.15) is 0 Å². The van der Waals surface area contributed by atoms with Crippen molar-refractivity contribution in [3.05, 3.63) is 24.3 Å². The zero-order chi connectivity index (χ0) is 21.8. The molecule has 1 heterocycles. The molecule has 1 aromatic rings. The summed E-state index contributed by atoms with van der Waals surface area (Å²) in [6, 6.07) is 7.95. The van der Waals surface area contributed by atoms with E-state index in [-0.39, 0.29) is 36.0 Å². The fourth-order valence-electron chi connectivity index (χ4n) is 3.34. The number of nitrogens with zero attached hydrogens (tertiary/aromatic N) is 2. The summed E-state index contributed by atoms with van der Waals surface area (Å²) in [4.78, 5) is 18.4. The van der Waals surface area contributed by atoms with Crippen LogP contribution >= 0.6 is 24.0 Å². The van der Waals surface area contributed by atoms with E-state index in [9.17, 15) is 4.79 Å². The molecule has 9 heteroatoms. The summed E-state index contributed by atoms with van der Waals surface area (Å²) in [5.74, 6) is 2.45. The molecule has 1 aromatic carbocycles. The summed E-state index contributed by atoms with van der Waals surface area (Å²) >= 11 is 0. The molecule has 3 N–H and O–H groups in total. The summed E-state index contributed by atoms with van der Waals surface area (Å²) in [5.41, 5.74) is 0. The molecule has 1 saturated heterocycles. The molecule has 0 saturated carbocycles. The number of carbonyl (C=O) groups is 1. The molecule has 0 aliphatic carbocycles. The standard InChI is InChI=1S/C22H37N5O3.HI/c1-5-11-24-21(28)16-27-12-9-18(10-13-27)26-22(23-3)25-15-17(2)30-20-8-6-7-19(14-20)29-4;/h6-8,14,17-18H,5,9-13,15-16H2,1-4H3,(H,24,28)(H2,23,25,26);1H. The average molecular weight is 547 g/mol. The number of rotatable bonds is 10. The number of piperidine rings is 1. The minimum absolute atomic E-state index is 0. The van der Waals surface area contributed by atoms with Gasteiger partial charge in [-0.25, -0.2) is 0 Å². The van der Waals surface area contributed by atoms with E-state index in [1.807, 2.05) is 31.2 Å². The number of guanidine groups is 1. The molecule has 31 heavy (non-hydrogen) atoms. The highest BCUT2D eigenvalue weighted by molar-refractivity contribution is 14.0. The van der Waals surface area contributed by atoms with Crippen LogP contribution < -0.4 is 25.4 Å². The van der Waals surface area contributed by atoms with Crippen LogP contribution in [-0.4, -0.2) is 75.8 Å². The number of benzene rings is 1. The normalized spacial score (nSPS) is 16.1. The first-order chi connectivity index (χ1) is 14.5. The first-order valence-corrected chi connectivity index (χ1v) is 10.8. The monoisotopic (exact) mass is 547 g/mol. The number of halogens is 1. The van der Waals surface area contributed by atoms with Crippen LogP contribution in [0, 0.1) is 0 Å². The fraction of sp³-hybridized carbons (Fsp3) is 0.636. The largest absolute Gasteiger partial charge is 0.497 e. The predicted molar refractivity (Wildman–Crippen MR) is 136 cm³/mol. The van der Waals surface area contributed by atoms with Crippen molar-refractivity contribution in [2.24, 2.45) is 4.99 Å². The summed E-state index contributed by atoms with van der Waals surface area (Å²) in [7, 11) is 3.42. The zero-order valence-electron chi connectivity index (χ0n) is 19.1. The third-order valence-electron chi connectivity index (χ3n) is 5.03. The van der Waals surface area contributed by atoms with Crippen molar-refractivity contribution in [1.29, 1.82) is 0 Å². The lowest BCUT2D eigenvalue weighted by atomic mass is 10.1. The van der Waals surface area contributed by atoms with Gasteiger partial charge in [-0.3, -0.25) is 14.7 Å². The van der Waals surface area contributed by atoms with Gasteiger partial charge in [0, 0.05) is 38.8 Å². The van der Waals surface area contributed by atoms with Crippen LogP contribution in [0.15, 0.2) is 29.3 Å². The maximum atomic E-state index is 11.9. The minimum atomic E-state index is -0.0286. The number of likely N-dealkylation sites (tertiary alicyclic amines) is 1. The molecule has 1 aliphatic heterocycles. The summed E-state index contributed by atoms with van der Waals surface area (Å²) in [6.07, 6.45) is 2.90. The lowest BCUT2D eigenvalue weighted by Crippen LogP contribution is -2.51. The Balaban J connectivity index is 0.00000480. The molecular formula is C22H38IN5O3. The summed E-state index contributed by atoms with van der Waals surface area (Å²) in [5, 5.41) is 9.76. The number of amides is 1. The molecule has 1 fully saturated rings. The average Bonchev–Trinajstić information content (AvgIpc) is 2.76. The highest BCUT2D eigenvalue weighted by Gasteiger charge is 2.21. The molecule has 176 valence electrons. The SMILES string of the molecule is CCCNC(=O)CN1CCC(NC(=NC)NCC(C)Oc2cccc(OC)c2)CC1.I. The van der Waals surface area contributed by atoms with Crippen LogP contribution in [0.2, 0.25) is 0 Å². The maximum Gasteiger partial charge on any atom is 0.234 e. The molecular weight excluding hydrogens is 509 g/mol. The Hall–Kier alpha value is -1.75. The molecule has 2 rings (SSSR count). The van der Waals surface area contributed by atoms with Crippen molar-refractivity contribution in [2.75, 3.05) is 46.9 Å². The second-order valence-corrected chi connectivity index (χ2v) is 7.61. The Morgan fingerprint density at radius 2 is 1.97 bits per heavy atom. The van der Waals surface area contributed by atoms with Gasteiger partial charge in [0.2, 0.25) is 5.91 Å².